The zero-order chi connectivity index (χ0) is 19.8. The van der Waals surface area contributed by atoms with E-state index in [1.807, 2.05) is 24.3 Å². The lowest BCUT2D eigenvalue weighted by Gasteiger charge is -2.08. The summed E-state index contributed by atoms with van der Waals surface area (Å²) in [5.41, 5.74) is 1.97. The number of carbonyl (C=O) groups excluding carboxylic acids is 2. The first-order valence-electron chi connectivity index (χ1n) is 8.97. The van der Waals surface area contributed by atoms with Crippen molar-refractivity contribution in [2.75, 3.05) is 13.7 Å². The summed E-state index contributed by atoms with van der Waals surface area (Å²) in [7, 11) is 1.63. The molecule has 0 unspecified atom stereocenters. The van der Waals surface area contributed by atoms with Crippen LogP contribution in [0.3, 0.4) is 0 Å². The summed E-state index contributed by atoms with van der Waals surface area (Å²) in [4.78, 5) is 24.6. The van der Waals surface area contributed by atoms with E-state index in [9.17, 15) is 9.59 Å². The molecule has 3 aromatic rings. The van der Waals surface area contributed by atoms with Gasteiger partial charge in [0.1, 0.15) is 11.5 Å². The van der Waals surface area contributed by atoms with Gasteiger partial charge in [0.05, 0.1) is 19.9 Å². The van der Waals surface area contributed by atoms with Crippen molar-refractivity contribution in [3.05, 3.63) is 89.4 Å². The molecule has 0 fully saturated rings. The molecule has 1 heterocycles. The second kappa shape index (κ2) is 9.41. The summed E-state index contributed by atoms with van der Waals surface area (Å²) in [6.45, 7) is 0.796. The first kappa shape index (κ1) is 19.2. The van der Waals surface area contributed by atoms with Gasteiger partial charge in [0.15, 0.2) is 0 Å². The first-order chi connectivity index (χ1) is 13.7. The molecule has 0 bridgehead atoms. The molecule has 0 aliphatic rings. The number of amides is 2. The van der Waals surface area contributed by atoms with Crippen LogP contribution in [0.25, 0.3) is 0 Å². The molecule has 0 saturated carbocycles. The Morgan fingerprint density at radius 2 is 1.64 bits per heavy atom. The Kier molecular flexibility index (Phi) is 6.46. The van der Waals surface area contributed by atoms with Crippen molar-refractivity contribution in [1.82, 2.24) is 10.6 Å². The highest BCUT2D eigenvalue weighted by Gasteiger charge is 2.10. The minimum absolute atomic E-state index is 0.214. The molecule has 2 N–H and O–H groups in total. The number of hydrogen-bond donors (Lipinski definition) is 2. The molecule has 0 aliphatic carbocycles. The summed E-state index contributed by atoms with van der Waals surface area (Å²) in [6.07, 6.45) is 2.26. The van der Waals surface area contributed by atoms with Crippen LogP contribution in [0.15, 0.2) is 71.3 Å². The molecule has 144 valence electrons. The summed E-state index contributed by atoms with van der Waals surface area (Å²) < 4.78 is 10.3. The van der Waals surface area contributed by atoms with Gasteiger partial charge in [-0.3, -0.25) is 9.59 Å². The topological polar surface area (TPSA) is 80.6 Å². The van der Waals surface area contributed by atoms with E-state index in [1.165, 1.54) is 0 Å². The second-order valence-electron chi connectivity index (χ2n) is 6.20. The SMILES string of the molecule is COc1ccc(CCNC(=O)c2cccc(C(=O)NCc3ccco3)c2)cc1. The van der Waals surface area contributed by atoms with Gasteiger partial charge in [-0.2, -0.15) is 0 Å². The third-order valence-electron chi connectivity index (χ3n) is 4.25. The summed E-state index contributed by atoms with van der Waals surface area (Å²) >= 11 is 0. The zero-order valence-corrected chi connectivity index (χ0v) is 15.6. The van der Waals surface area contributed by atoms with Gasteiger partial charge in [-0.05, 0) is 54.4 Å². The summed E-state index contributed by atoms with van der Waals surface area (Å²) in [5, 5.41) is 5.65. The van der Waals surface area contributed by atoms with E-state index in [2.05, 4.69) is 10.6 Å². The molecule has 6 heteroatoms. The van der Waals surface area contributed by atoms with E-state index < -0.39 is 0 Å². The highest BCUT2D eigenvalue weighted by molar-refractivity contribution is 5.99. The Morgan fingerprint density at radius 3 is 2.29 bits per heavy atom. The predicted octanol–water partition coefficient (Wildman–Crippen LogP) is 3.19. The highest BCUT2D eigenvalue weighted by Crippen LogP contribution is 2.11. The Hall–Kier alpha value is -3.54. The minimum atomic E-state index is -0.260. The minimum Gasteiger partial charge on any atom is -0.497 e. The summed E-state index contributed by atoms with van der Waals surface area (Å²) in [5.74, 6) is 0.995. The van der Waals surface area contributed by atoms with Crippen LogP contribution in [0.5, 0.6) is 5.75 Å². The lowest BCUT2D eigenvalue weighted by Crippen LogP contribution is -2.27. The monoisotopic (exact) mass is 378 g/mol. The molecule has 28 heavy (non-hydrogen) atoms. The standard InChI is InChI=1S/C22H22N2O4/c1-27-19-9-7-16(8-10-19)11-12-23-21(25)17-4-2-5-18(14-17)22(26)24-15-20-6-3-13-28-20/h2-10,13-14H,11-12,15H2,1H3,(H,23,25)(H,24,26). The largest absolute Gasteiger partial charge is 0.497 e. The number of hydrogen-bond acceptors (Lipinski definition) is 4. The molecule has 0 radical (unpaired) electrons. The number of furan rings is 1. The highest BCUT2D eigenvalue weighted by atomic mass is 16.5. The maximum absolute atomic E-state index is 12.4. The zero-order valence-electron chi connectivity index (χ0n) is 15.6. The van der Waals surface area contributed by atoms with Crippen LogP contribution in [0.2, 0.25) is 0 Å². The van der Waals surface area contributed by atoms with Gasteiger partial charge in [-0.25, -0.2) is 0 Å². The number of ether oxygens (including phenoxy) is 1. The molecule has 0 atom stereocenters. The maximum Gasteiger partial charge on any atom is 0.251 e. The van der Waals surface area contributed by atoms with Gasteiger partial charge < -0.3 is 19.8 Å². The van der Waals surface area contributed by atoms with E-state index in [1.54, 1.807) is 49.8 Å². The number of methoxy groups -OCH3 is 1. The van der Waals surface area contributed by atoms with E-state index in [0.717, 1.165) is 11.3 Å². The van der Waals surface area contributed by atoms with E-state index in [0.29, 0.717) is 36.4 Å². The quantitative estimate of drug-likeness (QED) is 0.631. The lowest BCUT2D eigenvalue weighted by atomic mass is 10.1. The number of nitrogens with one attached hydrogen (secondary N) is 2. The molecule has 6 nitrogen and oxygen atoms in total. The van der Waals surface area contributed by atoms with Crippen molar-refractivity contribution in [2.45, 2.75) is 13.0 Å². The lowest BCUT2D eigenvalue weighted by molar-refractivity contribution is 0.0948. The Morgan fingerprint density at radius 1 is 0.929 bits per heavy atom. The van der Waals surface area contributed by atoms with E-state index in [4.69, 9.17) is 9.15 Å². The van der Waals surface area contributed by atoms with E-state index >= 15 is 0 Å². The van der Waals surface area contributed by atoms with Crippen molar-refractivity contribution in [2.24, 2.45) is 0 Å². The van der Waals surface area contributed by atoms with Gasteiger partial charge in [0.25, 0.3) is 11.8 Å². The van der Waals surface area contributed by atoms with Crippen LogP contribution in [0.1, 0.15) is 32.0 Å². The van der Waals surface area contributed by atoms with Crippen LogP contribution in [0.4, 0.5) is 0 Å². The van der Waals surface area contributed by atoms with Crippen molar-refractivity contribution < 1.29 is 18.7 Å². The third-order valence-corrected chi connectivity index (χ3v) is 4.25. The van der Waals surface area contributed by atoms with Crippen molar-refractivity contribution in [1.29, 1.82) is 0 Å². The van der Waals surface area contributed by atoms with Gasteiger partial charge in [0.2, 0.25) is 0 Å². The predicted molar refractivity (Wildman–Crippen MR) is 105 cm³/mol. The van der Waals surface area contributed by atoms with Crippen molar-refractivity contribution >= 4 is 11.8 Å². The molecule has 2 aromatic carbocycles. The fourth-order valence-corrected chi connectivity index (χ4v) is 2.70. The van der Waals surface area contributed by atoms with Gasteiger partial charge >= 0.3 is 0 Å². The van der Waals surface area contributed by atoms with Crippen LogP contribution < -0.4 is 15.4 Å². The number of benzene rings is 2. The second-order valence-corrected chi connectivity index (χ2v) is 6.20. The van der Waals surface area contributed by atoms with Crippen LogP contribution >= 0.6 is 0 Å². The molecule has 1 aromatic heterocycles. The number of carbonyl (C=O) groups is 2. The molecule has 0 aliphatic heterocycles. The van der Waals surface area contributed by atoms with Gasteiger partial charge in [-0.1, -0.05) is 18.2 Å². The van der Waals surface area contributed by atoms with Gasteiger partial charge in [0, 0.05) is 17.7 Å². The molecule has 3 rings (SSSR count). The average Bonchev–Trinajstić information content (AvgIpc) is 3.26. The van der Waals surface area contributed by atoms with Crippen molar-refractivity contribution in [3.8, 4) is 5.75 Å². The molecule has 2 amide bonds. The molecular weight excluding hydrogens is 356 g/mol. The summed E-state index contributed by atoms with van der Waals surface area (Å²) in [6, 6.07) is 17.9. The molecule has 0 spiro atoms. The van der Waals surface area contributed by atoms with Crippen LogP contribution in [0, 0.1) is 0 Å². The number of rotatable bonds is 8. The molecular formula is C22H22N2O4. The van der Waals surface area contributed by atoms with Crippen LogP contribution in [-0.4, -0.2) is 25.5 Å². The van der Waals surface area contributed by atoms with Crippen molar-refractivity contribution in [3.63, 3.8) is 0 Å². The average molecular weight is 378 g/mol. The Balaban J connectivity index is 1.51. The Bertz CT molecular complexity index is 918. The fourth-order valence-electron chi connectivity index (χ4n) is 2.70. The van der Waals surface area contributed by atoms with Crippen LogP contribution in [-0.2, 0) is 13.0 Å². The smallest absolute Gasteiger partial charge is 0.251 e. The fraction of sp³-hybridized carbons (Fsp3) is 0.182. The third kappa shape index (κ3) is 5.23. The molecule has 0 saturated heterocycles. The normalized spacial score (nSPS) is 10.3. The van der Waals surface area contributed by atoms with Gasteiger partial charge in [-0.15, -0.1) is 0 Å². The Labute approximate surface area is 163 Å². The maximum atomic E-state index is 12.4. The first-order valence-corrected chi connectivity index (χ1v) is 8.97. The van der Waals surface area contributed by atoms with E-state index in [-0.39, 0.29) is 11.8 Å².